The monoisotopic (exact) mass is 353 g/mol. The zero-order chi connectivity index (χ0) is 8.55. The van der Waals surface area contributed by atoms with Gasteiger partial charge >= 0.3 is 5.97 Å². The first-order valence-corrected chi connectivity index (χ1v) is 4.65. The summed E-state index contributed by atoms with van der Waals surface area (Å²) in [7, 11) is 0. The number of hydrogen-bond acceptors (Lipinski definition) is 3. The first kappa shape index (κ1) is 11.2. The molecule has 74 valence electrons. The third kappa shape index (κ3) is 2.54. The third-order valence-electron chi connectivity index (χ3n) is 2.91. The van der Waals surface area contributed by atoms with Crippen LogP contribution < -0.4 is 0 Å². The summed E-state index contributed by atoms with van der Waals surface area (Å²) >= 11 is 0. The second-order valence-electron chi connectivity index (χ2n) is 3.79. The van der Waals surface area contributed by atoms with E-state index in [1.165, 1.54) is 32.9 Å². The predicted molar refractivity (Wildman–Crippen MR) is 44.7 cm³/mol. The van der Waals surface area contributed by atoms with Crippen LogP contribution in [0, 0.1) is 5.92 Å². The molecule has 0 saturated carbocycles. The summed E-state index contributed by atoms with van der Waals surface area (Å²) < 4.78 is 5.24. The number of nitrogens with zero attached hydrogens (tertiary/aromatic N) is 1. The van der Waals surface area contributed by atoms with Gasteiger partial charge in [-0.3, -0.25) is 9.69 Å². The molecule has 0 aromatic rings. The molecule has 0 N–H and O–H groups in total. The van der Waals surface area contributed by atoms with Crippen LogP contribution >= 0.6 is 0 Å². The van der Waals surface area contributed by atoms with Gasteiger partial charge in [-0.15, -0.1) is 0 Å². The van der Waals surface area contributed by atoms with Crippen LogP contribution in [-0.2, 0) is 30.6 Å². The molecule has 4 heteroatoms. The summed E-state index contributed by atoms with van der Waals surface area (Å²) in [5.74, 6) is 0.507. The number of carbonyl (C=O) groups is 1. The minimum atomic E-state index is -0.131. The van der Waals surface area contributed by atoms with Crippen molar-refractivity contribution in [1.82, 2.24) is 4.90 Å². The van der Waals surface area contributed by atoms with E-state index in [9.17, 15) is 4.79 Å². The van der Waals surface area contributed by atoms with E-state index in [0.717, 1.165) is 6.54 Å². The van der Waals surface area contributed by atoms with Crippen molar-refractivity contribution in [2.24, 2.45) is 5.92 Å². The maximum Gasteiger partial charge on any atom is 0.302 e. The van der Waals surface area contributed by atoms with Crippen molar-refractivity contribution in [3.05, 3.63) is 0 Å². The molecule has 0 aliphatic carbocycles. The van der Waals surface area contributed by atoms with Crippen LogP contribution in [0.3, 0.4) is 0 Å². The molecule has 3 nitrogen and oxygen atoms in total. The van der Waals surface area contributed by atoms with Crippen molar-refractivity contribution in [3.63, 3.8) is 0 Å². The molecule has 1 unspecified atom stereocenters. The summed E-state index contributed by atoms with van der Waals surface area (Å²) in [4.78, 5) is 13.1. The summed E-state index contributed by atoms with van der Waals surface area (Å²) in [6.07, 6.45) is 2.60. The maximum atomic E-state index is 10.7. The Labute approximate surface area is 93.1 Å². The average Bonchev–Trinajstić information content (AvgIpc) is 2.05. The average molecular weight is 353 g/mol. The van der Waals surface area contributed by atoms with Gasteiger partial charge in [-0.2, -0.15) is 0 Å². The first-order chi connectivity index (χ1) is 5.75. The Morgan fingerprint density at radius 3 is 2.38 bits per heavy atom. The molecule has 0 radical (unpaired) electrons. The van der Waals surface area contributed by atoms with E-state index in [-0.39, 0.29) is 33.1 Å². The number of ether oxygens (including phenoxy) is 1. The molecule has 13 heavy (non-hydrogen) atoms. The molecule has 3 saturated heterocycles. The van der Waals surface area contributed by atoms with Crippen molar-refractivity contribution in [2.45, 2.75) is 25.9 Å². The van der Waals surface area contributed by atoms with E-state index in [4.69, 9.17) is 4.74 Å². The van der Waals surface area contributed by atoms with Crippen LogP contribution in [0.2, 0.25) is 0 Å². The van der Waals surface area contributed by atoms with E-state index in [1.54, 1.807) is 0 Å². The second-order valence-corrected chi connectivity index (χ2v) is 3.79. The molecule has 0 aromatic heterocycles. The molecule has 0 spiro atoms. The predicted octanol–water partition coefficient (Wildman–Crippen LogP) is 0.641. The molecule has 3 heterocycles. The topological polar surface area (TPSA) is 29.5 Å². The van der Waals surface area contributed by atoms with Gasteiger partial charge in [0, 0.05) is 34.5 Å². The number of piperidine rings is 3. The standard InChI is InChI=1S/C9H15NO2.W/c1-7(11)12-9-6-10-4-2-8(9)3-5-10;/h8-9H,2-6H2,1H3;. The van der Waals surface area contributed by atoms with E-state index in [1.807, 2.05) is 0 Å². The van der Waals surface area contributed by atoms with Gasteiger partial charge in [0.2, 0.25) is 0 Å². The minimum Gasteiger partial charge on any atom is -0.461 e. The van der Waals surface area contributed by atoms with Gasteiger partial charge in [0.15, 0.2) is 0 Å². The van der Waals surface area contributed by atoms with Crippen molar-refractivity contribution < 1.29 is 30.6 Å². The number of esters is 1. The summed E-state index contributed by atoms with van der Waals surface area (Å²) in [5.41, 5.74) is 0. The van der Waals surface area contributed by atoms with Crippen LogP contribution in [0.15, 0.2) is 0 Å². The largest absolute Gasteiger partial charge is 0.461 e. The normalized spacial score (nSPS) is 36.5. The minimum absolute atomic E-state index is 0. The Bertz CT molecular complexity index is 190. The van der Waals surface area contributed by atoms with E-state index >= 15 is 0 Å². The fourth-order valence-electron chi connectivity index (χ4n) is 2.26. The van der Waals surface area contributed by atoms with Gasteiger partial charge in [0.1, 0.15) is 6.10 Å². The summed E-state index contributed by atoms with van der Waals surface area (Å²) in [6, 6.07) is 0. The van der Waals surface area contributed by atoms with Crippen molar-refractivity contribution in [3.8, 4) is 0 Å². The van der Waals surface area contributed by atoms with Crippen molar-refractivity contribution in [1.29, 1.82) is 0 Å². The third-order valence-corrected chi connectivity index (χ3v) is 2.91. The Morgan fingerprint density at radius 2 is 2.00 bits per heavy atom. The SMILES string of the molecule is CC(=O)OC1CN2CCC1CC2.[W]. The second kappa shape index (κ2) is 4.56. The van der Waals surface area contributed by atoms with Crippen LogP contribution in [0.5, 0.6) is 0 Å². The summed E-state index contributed by atoms with van der Waals surface area (Å²) in [5, 5.41) is 0. The summed E-state index contributed by atoms with van der Waals surface area (Å²) in [6.45, 7) is 4.85. The van der Waals surface area contributed by atoms with Gasteiger partial charge in [-0.25, -0.2) is 0 Å². The Morgan fingerprint density at radius 1 is 1.38 bits per heavy atom. The number of hydrogen-bond donors (Lipinski definition) is 0. The number of rotatable bonds is 1. The zero-order valence-corrected chi connectivity index (χ0v) is 10.8. The molecule has 0 amide bonds. The fourth-order valence-corrected chi connectivity index (χ4v) is 2.26. The smallest absolute Gasteiger partial charge is 0.302 e. The number of carbonyl (C=O) groups excluding carboxylic acids is 1. The molecular formula is C9H15NO2W. The van der Waals surface area contributed by atoms with E-state index in [0.29, 0.717) is 5.92 Å². The number of fused-ring (bicyclic) bond motifs is 3. The van der Waals surface area contributed by atoms with E-state index < -0.39 is 0 Å². The van der Waals surface area contributed by atoms with Crippen LogP contribution in [0.25, 0.3) is 0 Å². The fraction of sp³-hybridized carbons (Fsp3) is 0.889. The van der Waals surface area contributed by atoms with Crippen molar-refractivity contribution >= 4 is 5.97 Å². The molecule has 3 aliphatic heterocycles. The van der Waals surface area contributed by atoms with Crippen molar-refractivity contribution in [2.75, 3.05) is 19.6 Å². The quantitative estimate of drug-likeness (QED) is 0.649. The van der Waals surface area contributed by atoms with Crippen LogP contribution in [-0.4, -0.2) is 36.6 Å². The van der Waals surface area contributed by atoms with Gasteiger partial charge in [-0.1, -0.05) is 0 Å². The molecule has 0 aromatic carbocycles. The molecule has 3 fully saturated rings. The van der Waals surface area contributed by atoms with E-state index in [2.05, 4.69) is 4.90 Å². The molecule has 3 aliphatic rings. The van der Waals surface area contributed by atoms with Crippen LogP contribution in [0.4, 0.5) is 0 Å². The zero-order valence-electron chi connectivity index (χ0n) is 7.86. The Hall–Kier alpha value is 0.118. The maximum absolute atomic E-state index is 10.7. The van der Waals surface area contributed by atoms with Gasteiger partial charge < -0.3 is 4.74 Å². The first-order valence-electron chi connectivity index (χ1n) is 4.65. The Balaban J connectivity index is 0.000000845. The van der Waals surface area contributed by atoms with Gasteiger partial charge in [-0.05, 0) is 31.8 Å². The molecule has 3 rings (SSSR count). The molecular weight excluding hydrogens is 338 g/mol. The van der Waals surface area contributed by atoms with Crippen LogP contribution in [0.1, 0.15) is 19.8 Å². The van der Waals surface area contributed by atoms with Gasteiger partial charge in [0.25, 0.3) is 0 Å². The Kier molecular flexibility index (Phi) is 3.93. The molecule has 2 bridgehead atoms. The van der Waals surface area contributed by atoms with Gasteiger partial charge in [0.05, 0.1) is 0 Å². The molecule has 1 atom stereocenters.